The Morgan fingerprint density at radius 2 is 2.35 bits per heavy atom. The van der Waals surface area contributed by atoms with E-state index in [-0.39, 0.29) is 6.54 Å². The summed E-state index contributed by atoms with van der Waals surface area (Å²) >= 11 is 9.03. The summed E-state index contributed by atoms with van der Waals surface area (Å²) in [4.78, 5) is 19.7. The largest absolute Gasteiger partial charge is 0.368 e. The summed E-state index contributed by atoms with van der Waals surface area (Å²) in [7, 11) is 0. The Kier molecular flexibility index (Phi) is 3.63. The van der Waals surface area contributed by atoms with Crippen LogP contribution in [-0.2, 0) is 17.8 Å². The number of hydrogen-bond donors (Lipinski definition) is 1. The van der Waals surface area contributed by atoms with Crippen LogP contribution in [0, 0.1) is 0 Å². The Bertz CT molecular complexity index is 569. The third-order valence-corrected chi connectivity index (χ3v) is 2.89. The van der Waals surface area contributed by atoms with Gasteiger partial charge in [-0.3, -0.25) is 4.79 Å². The van der Waals surface area contributed by atoms with Crippen LogP contribution < -0.4 is 5.73 Å². The number of amides is 1. The number of carbonyl (C=O) groups is 1. The van der Waals surface area contributed by atoms with Crippen LogP contribution in [0.3, 0.4) is 0 Å². The van der Waals surface area contributed by atoms with Crippen molar-refractivity contribution in [1.82, 2.24) is 14.5 Å². The molecule has 0 aliphatic rings. The Hall–Kier alpha value is -1.14. The zero-order valence-corrected chi connectivity index (χ0v) is 11.2. The van der Waals surface area contributed by atoms with E-state index < -0.39 is 5.91 Å². The average Bonchev–Trinajstić information content (AvgIpc) is 2.56. The van der Waals surface area contributed by atoms with Crippen molar-refractivity contribution in [3.63, 3.8) is 0 Å². The number of alkyl halides is 1. The van der Waals surface area contributed by atoms with Crippen molar-refractivity contribution in [2.45, 2.75) is 13.0 Å². The van der Waals surface area contributed by atoms with Crippen molar-refractivity contribution in [2.75, 3.05) is 5.88 Å². The summed E-state index contributed by atoms with van der Waals surface area (Å²) in [6, 6.07) is 1.84. The normalized spacial score (nSPS) is 10.9. The van der Waals surface area contributed by atoms with Gasteiger partial charge in [-0.15, -0.1) is 11.6 Å². The topological polar surface area (TPSA) is 73.8 Å². The lowest BCUT2D eigenvalue weighted by Crippen LogP contribution is -2.20. The van der Waals surface area contributed by atoms with E-state index in [2.05, 4.69) is 25.9 Å². The number of nitrogens with two attached hydrogens (primary N) is 1. The smallest absolute Gasteiger partial charge is 0.237 e. The van der Waals surface area contributed by atoms with Gasteiger partial charge >= 0.3 is 0 Å². The molecule has 5 nitrogen and oxygen atoms in total. The highest BCUT2D eigenvalue weighted by Gasteiger charge is 2.13. The first kappa shape index (κ1) is 12.3. The van der Waals surface area contributed by atoms with Gasteiger partial charge in [-0.1, -0.05) is 0 Å². The van der Waals surface area contributed by atoms with E-state index >= 15 is 0 Å². The first-order valence-electron chi connectivity index (χ1n) is 4.96. The van der Waals surface area contributed by atoms with Crippen LogP contribution in [0.2, 0.25) is 0 Å². The lowest BCUT2D eigenvalue weighted by atomic mass is 10.4. The molecule has 0 radical (unpaired) electrons. The molecular weight excluding hydrogens is 307 g/mol. The molecule has 0 aliphatic heterocycles. The predicted molar refractivity (Wildman–Crippen MR) is 68.8 cm³/mol. The molecule has 0 aliphatic carbocycles. The third kappa shape index (κ3) is 2.58. The standard InChI is InChI=1S/C10H10BrClN4O/c11-6-3-7-10(14-4-6)16(5-8(13)17)9(15-7)1-2-12/h3-4H,1-2,5H2,(H2,13,17). The van der Waals surface area contributed by atoms with Gasteiger partial charge in [0.25, 0.3) is 0 Å². The van der Waals surface area contributed by atoms with Gasteiger partial charge in [0, 0.05) is 23.0 Å². The highest BCUT2D eigenvalue weighted by Crippen LogP contribution is 2.18. The van der Waals surface area contributed by atoms with Crippen molar-refractivity contribution in [1.29, 1.82) is 0 Å². The molecule has 0 spiro atoms. The fourth-order valence-corrected chi connectivity index (χ4v) is 2.12. The van der Waals surface area contributed by atoms with Crippen molar-refractivity contribution in [3.8, 4) is 0 Å². The maximum Gasteiger partial charge on any atom is 0.237 e. The molecule has 0 fully saturated rings. The number of aromatic nitrogens is 3. The number of imidazole rings is 1. The first-order chi connectivity index (χ1) is 8.11. The lowest BCUT2D eigenvalue weighted by molar-refractivity contribution is -0.118. The Balaban J connectivity index is 2.57. The number of primary amides is 1. The molecule has 2 aromatic rings. The number of carbonyl (C=O) groups excluding carboxylic acids is 1. The Morgan fingerprint density at radius 1 is 1.59 bits per heavy atom. The quantitative estimate of drug-likeness (QED) is 0.868. The van der Waals surface area contributed by atoms with Crippen molar-refractivity contribution < 1.29 is 4.79 Å². The average molecular weight is 318 g/mol. The number of halogens is 2. The number of fused-ring (bicyclic) bond motifs is 1. The van der Waals surface area contributed by atoms with E-state index in [4.69, 9.17) is 17.3 Å². The Morgan fingerprint density at radius 3 is 3.00 bits per heavy atom. The minimum atomic E-state index is -0.426. The summed E-state index contributed by atoms with van der Waals surface area (Å²) < 4.78 is 2.54. The molecule has 1 amide bonds. The molecule has 0 aromatic carbocycles. The third-order valence-electron chi connectivity index (χ3n) is 2.26. The van der Waals surface area contributed by atoms with Gasteiger partial charge in [0.2, 0.25) is 5.91 Å². The van der Waals surface area contributed by atoms with E-state index in [1.54, 1.807) is 10.8 Å². The second-order valence-electron chi connectivity index (χ2n) is 3.52. The summed E-state index contributed by atoms with van der Waals surface area (Å²) in [5.74, 6) is 0.729. The number of rotatable bonds is 4. The minimum absolute atomic E-state index is 0.0668. The molecule has 7 heteroatoms. The van der Waals surface area contributed by atoms with Crippen LogP contribution in [0.5, 0.6) is 0 Å². The summed E-state index contributed by atoms with van der Waals surface area (Å²) in [5, 5.41) is 0. The van der Waals surface area contributed by atoms with Crippen molar-refractivity contribution >= 4 is 44.6 Å². The van der Waals surface area contributed by atoms with E-state index in [0.29, 0.717) is 17.9 Å². The second-order valence-corrected chi connectivity index (χ2v) is 4.81. The van der Waals surface area contributed by atoms with E-state index in [1.807, 2.05) is 6.07 Å². The summed E-state index contributed by atoms with van der Waals surface area (Å²) in [6.07, 6.45) is 2.23. The van der Waals surface area contributed by atoms with Gasteiger partial charge in [0.05, 0.1) is 0 Å². The monoisotopic (exact) mass is 316 g/mol. The molecule has 0 atom stereocenters. The van der Waals surface area contributed by atoms with Crippen LogP contribution in [-0.4, -0.2) is 26.3 Å². The highest BCUT2D eigenvalue weighted by molar-refractivity contribution is 9.10. The number of nitrogens with zero attached hydrogens (tertiary/aromatic N) is 3. The van der Waals surface area contributed by atoms with E-state index in [0.717, 1.165) is 15.8 Å². The zero-order valence-electron chi connectivity index (χ0n) is 8.86. The number of hydrogen-bond acceptors (Lipinski definition) is 3. The van der Waals surface area contributed by atoms with Gasteiger partial charge in [-0.25, -0.2) is 9.97 Å². The molecule has 0 unspecified atom stereocenters. The Labute approximate surface area is 111 Å². The first-order valence-corrected chi connectivity index (χ1v) is 6.29. The summed E-state index contributed by atoms with van der Waals surface area (Å²) in [5.41, 5.74) is 6.58. The van der Waals surface area contributed by atoms with E-state index in [1.165, 1.54) is 0 Å². The molecular formula is C10H10BrClN4O. The summed E-state index contributed by atoms with van der Waals surface area (Å²) in [6.45, 7) is 0.0668. The lowest BCUT2D eigenvalue weighted by Gasteiger charge is -2.04. The maximum absolute atomic E-state index is 11.0. The predicted octanol–water partition coefficient (Wildman–Crippen LogP) is 1.46. The second kappa shape index (κ2) is 5.01. The highest BCUT2D eigenvalue weighted by atomic mass is 79.9. The molecule has 2 rings (SSSR count). The fourth-order valence-electron chi connectivity index (χ4n) is 1.63. The van der Waals surface area contributed by atoms with Crippen LogP contribution in [0.4, 0.5) is 0 Å². The van der Waals surface area contributed by atoms with E-state index in [9.17, 15) is 4.79 Å². The molecule has 2 N–H and O–H groups in total. The van der Waals surface area contributed by atoms with Gasteiger partial charge in [0.15, 0.2) is 5.65 Å². The van der Waals surface area contributed by atoms with Crippen LogP contribution in [0.15, 0.2) is 16.7 Å². The number of aryl methyl sites for hydroxylation is 1. The maximum atomic E-state index is 11.0. The van der Waals surface area contributed by atoms with Crippen molar-refractivity contribution in [2.24, 2.45) is 5.73 Å². The van der Waals surface area contributed by atoms with Crippen molar-refractivity contribution in [3.05, 3.63) is 22.6 Å². The minimum Gasteiger partial charge on any atom is -0.368 e. The fraction of sp³-hybridized carbons (Fsp3) is 0.300. The molecule has 2 aromatic heterocycles. The van der Waals surface area contributed by atoms with Gasteiger partial charge in [-0.2, -0.15) is 0 Å². The molecule has 0 saturated heterocycles. The van der Waals surface area contributed by atoms with Gasteiger partial charge in [-0.05, 0) is 22.0 Å². The number of pyridine rings is 1. The molecule has 90 valence electrons. The molecule has 17 heavy (non-hydrogen) atoms. The van der Waals surface area contributed by atoms with Crippen LogP contribution in [0.25, 0.3) is 11.2 Å². The SMILES string of the molecule is NC(=O)Cn1c(CCCl)nc2cc(Br)cnc21. The molecule has 0 saturated carbocycles. The molecule has 0 bridgehead atoms. The van der Waals surface area contributed by atoms with Gasteiger partial charge < -0.3 is 10.3 Å². The molecule has 2 heterocycles. The zero-order chi connectivity index (χ0) is 12.4. The van der Waals surface area contributed by atoms with Crippen LogP contribution in [0.1, 0.15) is 5.82 Å². The van der Waals surface area contributed by atoms with Crippen LogP contribution >= 0.6 is 27.5 Å². The van der Waals surface area contributed by atoms with Gasteiger partial charge in [0.1, 0.15) is 17.9 Å².